The van der Waals surface area contributed by atoms with Gasteiger partial charge in [0, 0.05) is 23.3 Å². The van der Waals surface area contributed by atoms with Gasteiger partial charge in [0.15, 0.2) is 23.0 Å². The molecule has 0 spiro atoms. The normalized spacial score (nSPS) is 10.9. The summed E-state index contributed by atoms with van der Waals surface area (Å²) >= 11 is 0. The third-order valence-corrected chi connectivity index (χ3v) is 7.13. The number of carbonyl (C=O) groups excluding carboxylic acids is 2. The van der Waals surface area contributed by atoms with Crippen molar-refractivity contribution in [2.24, 2.45) is 0 Å². The fraction of sp³-hybridized carbons (Fsp3) is 0.211. The molecule has 0 fully saturated rings. The van der Waals surface area contributed by atoms with Crippen molar-refractivity contribution >= 4 is 36.2 Å². The van der Waals surface area contributed by atoms with Gasteiger partial charge in [0.2, 0.25) is 0 Å². The Labute approximate surface area is 280 Å². The van der Waals surface area contributed by atoms with Crippen LogP contribution in [-0.2, 0) is 9.59 Å². The molecule has 0 amide bonds. The van der Waals surface area contributed by atoms with E-state index in [9.17, 15) is 9.59 Å². The van der Waals surface area contributed by atoms with E-state index in [-0.39, 0.29) is 35.8 Å². The number of methoxy groups -OCH3 is 6. The van der Waals surface area contributed by atoms with Gasteiger partial charge in [-0.2, -0.15) is 0 Å². The highest BCUT2D eigenvalue weighted by Gasteiger charge is 2.20. The number of carbonyl (C=O) groups is 2. The van der Waals surface area contributed by atoms with Crippen molar-refractivity contribution in [1.29, 1.82) is 0 Å². The van der Waals surface area contributed by atoms with Gasteiger partial charge in [-0.05, 0) is 47.5 Å². The van der Waals surface area contributed by atoms with Gasteiger partial charge in [-0.1, -0.05) is 48.6 Å². The summed E-state index contributed by atoms with van der Waals surface area (Å²) < 4.78 is 43.7. The quantitative estimate of drug-likeness (QED) is 0.0733. The highest BCUT2D eigenvalue weighted by Crippen LogP contribution is 2.39. The topological polar surface area (TPSA) is 108 Å². The molecule has 0 saturated heterocycles. The van der Waals surface area contributed by atoms with Crippen LogP contribution in [0.4, 0.5) is 0 Å². The maximum absolute atomic E-state index is 13.1. The van der Waals surface area contributed by atoms with Crippen LogP contribution in [0.1, 0.15) is 35.1 Å². The van der Waals surface area contributed by atoms with E-state index in [1.807, 2.05) is 60.7 Å². The van der Waals surface area contributed by atoms with Gasteiger partial charge in [-0.3, -0.25) is 9.59 Å². The first-order valence-corrected chi connectivity index (χ1v) is 14.9. The first-order chi connectivity index (χ1) is 23.3. The van der Waals surface area contributed by atoms with E-state index < -0.39 is 11.9 Å². The van der Waals surface area contributed by atoms with Crippen molar-refractivity contribution in [1.82, 2.24) is 0 Å². The van der Waals surface area contributed by atoms with Crippen molar-refractivity contribution < 1.29 is 47.5 Å². The van der Waals surface area contributed by atoms with Crippen LogP contribution in [0.2, 0.25) is 0 Å². The first kappa shape index (κ1) is 35.0. The molecule has 0 aliphatic rings. The third-order valence-electron chi connectivity index (χ3n) is 7.13. The van der Waals surface area contributed by atoms with Gasteiger partial charge >= 0.3 is 11.9 Å². The lowest BCUT2D eigenvalue weighted by atomic mass is 10.1. The standard InChI is InChI=1S/C38H38O10/c1-41-29-15-9-25(10-16-29)7-13-27-21-31(43-3)23-33(45-5)37(27)47-35(39)19-20-36(40)48-38-28(22-32(44-4)24-34(38)46-6)14-8-26-11-17-30(42-2)18-12-26/h7-18,21-24H,19-20H2,1-6H3/b13-7+,14-8+. The summed E-state index contributed by atoms with van der Waals surface area (Å²) in [6.07, 6.45) is 6.74. The molecule has 0 atom stereocenters. The van der Waals surface area contributed by atoms with E-state index in [0.717, 1.165) is 22.6 Å². The van der Waals surface area contributed by atoms with E-state index in [1.54, 1.807) is 50.6 Å². The lowest BCUT2D eigenvalue weighted by Crippen LogP contribution is -2.15. The zero-order valence-corrected chi connectivity index (χ0v) is 27.7. The van der Waals surface area contributed by atoms with Crippen LogP contribution in [0.15, 0.2) is 72.8 Å². The summed E-state index contributed by atoms with van der Waals surface area (Å²) in [6, 6.07) is 21.6. The fourth-order valence-corrected chi connectivity index (χ4v) is 4.54. The molecule has 0 radical (unpaired) electrons. The van der Waals surface area contributed by atoms with Crippen LogP contribution >= 0.6 is 0 Å². The smallest absolute Gasteiger partial charge is 0.311 e. The molecule has 0 saturated carbocycles. The molecule has 48 heavy (non-hydrogen) atoms. The van der Waals surface area contributed by atoms with Crippen LogP contribution in [0, 0.1) is 0 Å². The second kappa shape index (κ2) is 17.1. The number of hydrogen-bond acceptors (Lipinski definition) is 10. The molecule has 0 bridgehead atoms. The number of hydrogen-bond donors (Lipinski definition) is 0. The molecular weight excluding hydrogens is 616 g/mol. The largest absolute Gasteiger partial charge is 0.497 e. The van der Waals surface area contributed by atoms with Gasteiger partial charge in [0.05, 0.1) is 55.5 Å². The molecule has 10 nitrogen and oxygen atoms in total. The van der Waals surface area contributed by atoms with Crippen LogP contribution in [-0.4, -0.2) is 54.6 Å². The van der Waals surface area contributed by atoms with Gasteiger partial charge in [0.1, 0.15) is 23.0 Å². The molecule has 4 aromatic carbocycles. The first-order valence-electron chi connectivity index (χ1n) is 14.9. The Balaban J connectivity index is 1.50. The molecule has 4 rings (SSSR count). The summed E-state index contributed by atoms with van der Waals surface area (Å²) in [5.41, 5.74) is 2.86. The average Bonchev–Trinajstić information content (AvgIpc) is 3.13. The Hall–Kier alpha value is -5.90. The molecule has 10 heteroatoms. The Morgan fingerprint density at radius 3 is 1.12 bits per heavy atom. The molecular formula is C38H38O10. The van der Waals surface area contributed by atoms with Crippen LogP contribution in [0.3, 0.4) is 0 Å². The van der Waals surface area contributed by atoms with E-state index in [0.29, 0.717) is 22.6 Å². The lowest BCUT2D eigenvalue weighted by Gasteiger charge is -2.15. The number of rotatable bonds is 15. The van der Waals surface area contributed by atoms with Crippen molar-refractivity contribution in [2.75, 3.05) is 42.7 Å². The Morgan fingerprint density at radius 1 is 0.458 bits per heavy atom. The molecule has 0 aliphatic carbocycles. The van der Waals surface area contributed by atoms with Crippen LogP contribution in [0.5, 0.6) is 46.0 Å². The van der Waals surface area contributed by atoms with Crippen molar-refractivity contribution in [3.05, 3.63) is 95.1 Å². The second-order valence-corrected chi connectivity index (χ2v) is 10.2. The Bertz CT molecular complexity index is 1630. The molecule has 250 valence electrons. The minimum atomic E-state index is -0.657. The lowest BCUT2D eigenvalue weighted by molar-refractivity contribution is -0.140. The maximum Gasteiger partial charge on any atom is 0.311 e. The molecule has 0 heterocycles. The number of esters is 2. The van der Waals surface area contributed by atoms with E-state index in [2.05, 4.69) is 0 Å². The summed E-state index contributed by atoms with van der Waals surface area (Å²) in [5, 5.41) is 0. The van der Waals surface area contributed by atoms with Crippen LogP contribution < -0.4 is 37.9 Å². The van der Waals surface area contributed by atoms with E-state index >= 15 is 0 Å². The van der Waals surface area contributed by atoms with Gasteiger partial charge in [0.25, 0.3) is 0 Å². The third kappa shape index (κ3) is 9.32. The molecule has 0 N–H and O–H groups in total. The predicted molar refractivity (Wildman–Crippen MR) is 183 cm³/mol. The molecule has 4 aromatic rings. The van der Waals surface area contributed by atoms with Crippen LogP contribution in [0.25, 0.3) is 24.3 Å². The maximum atomic E-state index is 13.1. The zero-order valence-electron chi connectivity index (χ0n) is 27.7. The number of benzene rings is 4. The highest BCUT2D eigenvalue weighted by molar-refractivity contribution is 5.84. The van der Waals surface area contributed by atoms with Crippen molar-refractivity contribution in [2.45, 2.75) is 12.8 Å². The average molecular weight is 655 g/mol. The summed E-state index contributed by atoms with van der Waals surface area (Å²) in [4.78, 5) is 26.1. The molecule has 0 aliphatic heterocycles. The summed E-state index contributed by atoms with van der Waals surface area (Å²) in [7, 11) is 9.18. The monoisotopic (exact) mass is 654 g/mol. The van der Waals surface area contributed by atoms with E-state index in [4.69, 9.17) is 37.9 Å². The van der Waals surface area contributed by atoms with Gasteiger partial charge < -0.3 is 37.9 Å². The van der Waals surface area contributed by atoms with Crippen molar-refractivity contribution in [3.8, 4) is 46.0 Å². The highest BCUT2D eigenvalue weighted by atomic mass is 16.6. The zero-order chi connectivity index (χ0) is 34.5. The minimum Gasteiger partial charge on any atom is -0.497 e. The SMILES string of the molecule is COc1ccc(/C=C/c2cc(OC)cc(OC)c2OC(=O)CCC(=O)Oc2c(/C=C/c3ccc(OC)cc3)cc(OC)cc2OC)cc1. The summed E-state index contributed by atoms with van der Waals surface area (Å²) in [5.74, 6) is 2.11. The number of ether oxygens (including phenoxy) is 8. The molecule has 0 aromatic heterocycles. The van der Waals surface area contributed by atoms with Gasteiger partial charge in [-0.25, -0.2) is 0 Å². The second-order valence-electron chi connectivity index (χ2n) is 10.2. The Kier molecular flexibility index (Phi) is 12.5. The van der Waals surface area contributed by atoms with Gasteiger partial charge in [-0.15, -0.1) is 0 Å². The Morgan fingerprint density at radius 2 is 0.812 bits per heavy atom. The minimum absolute atomic E-state index is 0.184. The fourth-order valence-electron chi connectivity index (χ4n) is 4.54. The predicted octanol–water partition coefficient (Wildman–Crippen LogP) is 7.37. The summed E-state index contributed by atoms with van der Waals surface area (Å²) in [6.45, 7) is 0. The van der Waals surface area contributed by atoms with Crippen molar-refractivity contribution in [3.63, 3.8) is 0 Å². The molecule has 0 unspecified atom stereocenters. The van der Waals surface area contributed by atoms with E-state index in [1.165, 1.54) is 28.4 Å².